The molecule has 4 nitrogen and oxygen atoms in total. The lowest BCUT2D eigenvalue weighted by Crippen LogP contribution is -2.38. The lowest BCUT2D eigenvalue weighted by molar-refractivity contribution is -0.137. The molecule has 0 saturated heterocycles. The maximum Gasteiger partial charge on any atom is 0.416 e. The molecule has 0 unspecified atom stereocenters. The minimum atomic E-state index is -4.46. The Morgan fingerprint density at radius 1 is 1.12 bits per heavy atom. The first-order chi connectivity index (χ1) is 14.9. The summed E-state index contributed by atoms with van der Waals surface area (Å²) in [6.07, 6.45) is -4.33. The molecule has 0 fully saturated rings. The van der Waals surface area contributed by atoms with E-state index in [1.807, 2.05) is 20.8 Å². The maximum absolute atomic E-state index is 13.5. The fourth-order valence-corrected chi connectivity index (χ4v) is 3.50. The van der Waals surface area contributed by atoms with Gasteiger partial charge in [0.2, 0.25) is 5.91 Å². The number of carbonyl (C=O) groups excluding carboxylic acids is 1. The van der Waals surface area contributed by atoms with Crippen molar-refractivity contribution in [1.29, 1.82) is 0 Å². The molecule has 8 heteroatoms. The van der Waals surface area contributed by atoms with Gasteiger partial charge in [-0.15, -0.1) is 0 Å². The van der Waals surface area contributed by atoms with Gasteiger partial charge in [0.15, 0.2) is 6.10 Å². The molecule has 0 saturated carbocycles. The van der Waals surface area contributed by atoms with Crippen LogP contribution in [0.2, 0.25) is 0 Å². The number of benzene rings is 2. The van der Waals surface area contributed by atoms with E-state index in [9.17, 15) is 22.4 Å². The molecule has 0 aliphatic carbocycles. The molecule has 3 rings (SSSR count). The SMILES string of the molecule is CC(C)(C)CC(=O)N(Cc1cccc(C(F)(F)F)c1)C[C@H]1CC(c2cccc(F)c2)=NO1. The highest BCUT2D eigenvalue weighted by Gasteiger charge is 2.32. The van der Waals surface area contributed by atoms with Crippen LogP contribution in [0.1, 0.15) is 50.3 Å². The number of carbonyl (C=O) groups is 1. The van der Waals surface area contributed by atoms with Crippen molar-refractivity contribution in [2.75, 3.05) is 6.54 Å². The second-order valence-electron chi connectivity index (χ2n) is 9.19. The van der Waals surface area contributed by atoms with Crippen molar-refractivity contribution in [2.24, 2.45) is 10.6 Å². The number of alkyl halides is 3. The number of oxime groups is 1. The first-order valence-corrected chi connectivity index (χ1v) is 10.3. The van der Waals surface area contributed by atoms with E-state index in [1.54, 1.807) is 18.2 Å². The summed E-state index contributed by atoms with van der Waals surface area (Å²) in [6.45, 7) is 5.95. The van der Waals surface area contributed by atoms with Gasteiger partial charge in [-0.25, -0.2) is 4.39 Å². The second kappa shape index (κ2) is 9.30. The molecule has 172 valence electrons. The van der Waals surface area contributed by atoms with E-state index in [-0.39, 0.29) is 36.6 Å². The van der Waals surface area contributed by atoms with E-state index in [0.29, 0.717) is 23.3 Å². The summed E-state index contributed by atoms with van der Waals surface area (Å²) >= 11 is 0. The Hall–Kier alpha value is -2.90. The van der Waals surface area contributed by atoms with Gasteiger partial charge in [0.1, 0.15) is 5.82 Å². The van der Waals surface area contributed by atoms with E-state index in [2.05, 4.69) is 5.16 Å². The van der Waals surface area contributed by atoms with Gasteiger partial charge in [-0.3, -0.25) is 4.79 Å². The lowest BCUT2D eigenvalue weighted by atomic mass is 9.91. The molecule has 2 aromatic carbocycles. The third-order valence-corrected chi connectivity index (χ3v) is 4.98. The van der Waals surface area contributed by atoms with E-state index in [4.69, 9.17) is 4.84 Å². The number of halogens is 4. The summed E-state index contributed by atoms with van der Waals surface area (Å²) in [7, 11) is 0. The monoisotopic (exact) mass is 450 g/mol. The van der Waals surface area contributed by atoms with Crippen LogP contribution in [0.15, 0.2) is 53.7 Å². The predicted octanol–water partition coefficient (Wildman–Crippen LogP) is 5.80. The van der Waals surface area contributed by atoms with E-state index in [1.165, 1.54) is 23.1 Å². The van der Waals surface area contributed by atoms with Crippen molar-refractivity contribution in [3.05, 3.63) is 71.0 Å². The molecule has 0 bridgehead atoms. The fraction of sp³-hybridized carbons (Fsp3) is 0.417. The molecule has 0 radical (unpaired) electrons. The van der Waals surface area contributed by atoms with Crippen LogP contribution in [-0.4, -0.2) is 29.2 Å². The smallest absolute Gasteiger partial charge is 0.390 e. The molecule has 1 heterocycles. The molecule has 0 spiro atoms. The van der Waals surface area contributed by atoms with Gasteiger partial charge in [-0.2, -0.15) is 13.2 Å². The second-order valence-corrected chi connectivity index (χ2v) is 9.19. The Labute approximate surface area is 184 Å². The quantitative estimate of drug-likeness (QED) is 0.522. The largest absolute Gasteiger partial charge is 0.416 e. The highest BCUT2D eigenvalue weighted by atomic mass is 19.4. The molecule has 1 amide bonds. The van der Waals surface area contributed by atoms with Crippen molar-refractivity contribution in [3.63, 3.8) is 0 Å². The highest BCUT2D eigenvalue weighted by Crippen LogP contribution is 2.30. The Bertz CT molecular complexity index is 996. The van der Waals surface area contributed by atoms with Crippen LogP contribution in [0, 0.1) is 11.2 Å². The normalized spacial score (nSPS) is 16.5. The van der Waals surface area contributed by atoms with Gasteiger partial charge in [-0.05, 0) is 35.2 Å². The molecule has 32 heavy (non-hydrogen) atoms. The molecule has 1 aliphatic heterocycles. The molecule has 0 aromatic heterocycles. The van der Waals surface area contributed by atoms with E-state index >= 15 is 0 Å². The maximum atomic E-state index is 13.5. The van der Waals surface area contributed by atoms with Crippen molar-refractivity contribution < 1.29 is 27.2 Å². The Morgan fingerprint density at radius 3 is 2.50 bits per heavy atom. The molecular weight excluding hydrogens is 424 g/mol. The third kappa shape index (κ3) is 6.55. The van der Waals surface area contributed by atoms with Gasteiger partial charge in [0, 0.05) is 24.9 Å². The summed E-state index contributed by atoms with van der Waals surface area (Å²) in [5.74, 6) is -0.571. The van der Waals surface area contributed by atoms with Gasteiger partial charge < -0.3 is 9.74 Å². The van der Waals surface area contributed by atoms with Crippen molar-refractivity contribution in [1.82, 2.24) is 4.90 Å². The minimum absolute atomic E-state index is 0.0218. The van der Waals surface area contributed by atoms with Gasteiger partial charge in [-0.1, -0.05) is 50.2 Å². The fourth-order valence-electron chi connectivity index (χ4n) is 3.50. The van der Waals surface area contributed by atoms with Crippen LogP contribution in [0.5, 0.6) is 0 Å². The van der Waals surface area contributed by atoms with Crippen LogP contribution < -0.4 is 0 Å². The van der Waals surface area contributed by atoms with Crippen LogP contribution >= 0.6 is 0 Å². The number of nitrogens with zero attached hydrogens (tertiary/aromatic N) is 2. The van der Waals surface area contributed by atoms with Crippen molar-refractivity contribution in [2.45, 2.75) is 52.4 Å². The first-order valence-electron chi connectivity index (χ1n) is 10.3. The number of hydrogen-bond acceptors (Lipinski definition) is 3. The highest BCUT2D eigenvalue weighted by molar-refractivity contribution is 6.01. The number of amides is 1. The topological polar surface area (TPSA) is 41.9 Å². The standard InChI is InChI=1S/C24H26F4N2O2/c1-23(2,3)13-22(31)30(14-16-6-4-8-18(10-16)24(26,27)28)15-20-12-21(29-32-20)17-7-5-9-19(25)11-17/h4-11,20H,12-15H2,1-3H3/t20-/m1/s1. The predicted molar refractivity (Wildman–Crippen MR) is 113 cm³/mol. The third-order valence-electron chi connectivity index (χ3n) is 4.98. The molecule has 0 N–H and O–H groups in total. The van der Waals surface area contributed by atoms with Crippen LogP contribution in [0.25, 0.3) is 0 Å². The average Bonchev–Trinajstić information content (AvgIpc) is 3.14. The summed E-state index contributed by atoms with van der Waals surface area (Å²) in [6, 6.07) is 10.9. The van der Waals surface area contributed by atoms with Crippen LogP contribution in [-0.2, 0) is 22.4 Å². The molecule has 2 aromatic rings. The zero-order valence-corrected chi connectivity index (χ0v) is 18.2. The van der Waals surface area contributed by atoms with Gasteiger partial charge in [0.05, 0.1) is 17.8 Å². The summed E-state index contributed by atoms with van der Waals surface area (Å²) < 4.78 is 52.8. The summed E-state index contributed by atoms with van der Waals surface area (Å²) in [4.78, 5) is 20.0. The first kappa shape index (κ1) is 23.8. The lowest BCUT2D eigenvalue weighted by Gasteiger charge is -2.28. The zero-order valence-electron chi connectivity index (χ0n) is 18.2. The van der Waals surface area contributed by atoms with Crippen molar-refractivity contribution in [3.8, 4) is 0 Å². The molecule has 1 atom stereocenters. The van der Waals surface area contributed by atoms with Crippen LogP contribution in [0.4, 0.5) is 17.6 Å². The summed E-state index contributed by atoms with van der Waals surface area (Å²) in [5.41, 5.74) is 0.497. The Balaban J connectivity index is 1.75. The average molecular weight is 450 g/mol. The van der Waals surface area contributed by atoms with Crippen molar-refractivity contribution >= 4 is 11.6 Å². The van der Waals surface area contributed by atoms with Gasteiger partial charge >= 0.3 is 6.18 Å². The Kier molecular flexibility index (Phi) is 6.91. The van der Waals surface area contributed by atoms with E-state index in [0.717, 1.165) is 12.1 Å². The molecule has 1 aliphatic rings. The number of hydrogen-bond donors (Lipinski definition) is 0. The molecular formula is C24H26F4N2O2. The zero-order chi connectivity index (χ0) is 23.5. The van der Waals surface area contributed by atoms with E-state index < -0.39 is 17.8 Å². The Morgan fingerprint density at radius 2 is 1.84 bits per heavy atom. The van der Waals surface area contributed by atoms with Gasteiger partial charge in [0.25, 0.3) is 0 Å². The van der Waals surface area contributed by atoms with Crippen LogP contribution in [0.3, 0.4) is 0 Å². The minimum Gasteiger partial charge on any atom is -0.390 e. The number of rotatable bonds is 6. The summed E-state index contributed by atoms with van der Waals surface area (Å²) in [5, 5.41) is 4.03.